The number of halogens is 1. The van der Waals surface area contributed by atoms with Crippen molar-refractivity contribution in [1.82, 2.24) is 9.71 Å². The molecule has 0 atom stereocenters. The Morgan fingerprint density at radius 1 is 1.64 bits per heavy atom. The highest BCUT2D eigenvalue weighted by Crippen LogP contribution is 2.08. The standard InChI is InChI=1S/C8H9FN2O2S/c1-2-5-11-14(12,13)8-7(9)4-3-6-10-8/h2-4,6,11H,1,5H2. The van der Waals surface area contributed by atoms with Gasteiger partial charge in [0.25, 0.3) is 10.0 Å². The number of rotatable bonds is 4. The fraction of sp³-hybridized carbons (Fsp3) is 0.125. The van der Waals surface area contributed by atoms with Crippen LogP contribution < -0.4 is 4.72 Å². The highest BCUT2D eigenvalue weighted by molar-refractivity contribution is 7.89. The van der Waals surface area contributed by atoms with Gasteiger partial charge in [-0.1, -0.05) is 6.08 Å². The molecule has 0 aliphatic carbocycles. The van der Waals surface area contributed by atoms with E-state index in [1.54, 1.807) is 0 Å². The first-order chi connectivity index (χ1) is 6.58. The van der Waals surface area contributed by atoms with E-state index >= 15 is 0 Å². The van der Waals surface area contributed by atoms with Crippen molar-refractivity contribution in [2.24, 2.45) is 0 Å². The maximum Gasteiger partial charge on any atom is 0.261 e. The van der Waals surface area contributed by atoms with Crippen molar-refractivity contribution in [3.63, 3.8) is 0 Å². The maximum absolute atomic E-state index is 13.0. The molecule has 0 aliphatic heterocycles. The predicted molar refractivity (Wildman–Crippen MR) is 49.6 cm³/mol. The van der Waals surface area contributed by atoms with Crippen LogP contribution in [0, 0.1) is 5.82 Å². The third-order valence-electron chi connectivity index (χ3n) is 1.40. The molecule has 0 bridgehead atoms. The summed E-state index contributed by atoms with van der Waals surface area (Å²) in [6.07, 6.45) is 2.57. The summed E-state index contributed by atoms with van der Waals surface area (Å²) in [5, 5.41) is -0.596. The Kier molecular flexibility index (Phi) is 3.32. The second kappa shape index (κ2) is 4.30. The average Bonchev–Trinajstić information content (AvgIpc) is 2.15. The third-order valence-corrected chi connectivity index (χ3v) is 2.75. The molecule has 0 aliphatic rings. The normalized spacial score (nSPS) is 11.2. The van der Waals surface area contributed by atoms with Crippen LogP contribution in [0.4, 0.5) is 4.39 Å². The smallest absolute Gasteiger partial charge is 0.241 e. The van der Waals surface area contributed by atoms with E-state index in [-0.39, 0.29) is 6.54 Å². The van der Waals surface area contributed by atoms with Crippen LogP contribution in [0.1, 0.15) is 0 Å². The monoisotopic (exact) mass is 216 g/mol. The number of hydrogen-bond acceptors (Lipinski definition) is 3. The van der Waals surface area contributed by atoms with Crippen molar-refractivity contribution in [3.05, 3.63) is 36.8 Å². The Labute approximate surface area is 81.5 Å². The Morgan fingerprint density at radius 3 is 2.93 bits per heavy atom. The number of hydrogen-bond donors (Lipinski definition) is 1. The van der Waals surface area contributed by atoms with Crippen LogP contribution in [-0.4, -0.2) is 19.9 Å². The lowest BCUT2D eigenvalue weighted by Crippen LogP contribution is -2.25. The van der Waals surface area contributed by atoms with Crippen LogP contribution in [0.25, 0.3) is 0 Å². The Balaban J connectivity index is 3.04. The first kappa shape index (κ1) is 10.8. The van der Waals surface area contributed by atoms with Crippen molar-refractivity contribution in [2.45, 2.75) is 5.03 Å². The van der Waals surface area contributed by atoms with Gasteiger partial charge in [-0.15, -0.1) is 6.58 Å². The lowest BCUT2D eigenvalue weighted by molar-refractivity contribution is 0.547. The molecule has 0 fully saturated rings. The molecule has 0 spiro atoms. The molecule has 6 heteroatoms. The van der Waals surface area contributed by atoms with E-state index in [1.807, 2.05) is 0 Å². The second-order valence-electron chi connectivity index (χ2n) is 2.43. The largest absolute Gasteiger partial charge is 0.261 e. The summed E-state index contributed by atoms with van der Waals surface area (Å²) in [4.78, 5) is 3.44. The number of pyridine rings is 1. The molecule has 4 nitrogen and oxygen atoms in total. The lowest BCUT2D eigenvalue weighted by atomic mass is 10.5. The fourth-order valence-corrected chi connectivity index (χ4v) is 1.80. The summed E-state index contributed by atoms with van der Waals surface area (Å²) in [5.74, 6) is -0.871. The van der Waals surface area contributed by atoms with Gasteiger partial charge in [0.15, 0.2) is 5.82 Å². The van der Waals surface area contributed by atoms with Gasteiger partial charge >= 0.3 is 0 Å². The van der Waals surface area contributed by atoms with Crippen LogP contribution in [-0.2, 0) is 10.0 Å². The molecule has 0 unspecified atom stereocenters. The summed E-state index contributed by atoms with van der Waals surface area (Å²) in [6.45, 7) is 3.38. The summed E-state index contributed by atoms with van der Waals surface area (Å²) in [5.41, 5.74) is 0. The number of aromatic nitrogens is 1. The van der Waals surface area contributed by atoms with Gasteiger partial charge in [-0.25, -0.2) is 22.5 Å². The van der Waals surface area contributed by atoms with E-state index in [9.17, 15) is 12.8 Å². The van der Waals surface area contributed by atoms with Gasteiger partial charge in [-0.2, -0.15) is 0 Å². The maximum atomic E-state index is 13.0. The molecular weight excluding hydrogens is 207 g/mol. The molecule has 76 valence electrons. The zero-order valence-corrected chi connectivity index (χ0v) is 8.09. The Morgan fingerprint density at radius 2 is 2.36 bits per heavy atom. The van der Waals surface area contributed by atoms with Gasteiger partial charge in [-0.05, 0) is 12.1 Å². The molecule has 0 aromatic carbocycles. The summed E-state index contributed by atoms with van der Waals surface area (Å²) < 4.78 is 37.8. The van der Waals surface area contributed by atoms with Crippen LogP contribution in [0.2, 0.25) is 0 Å². The van der Waals surface area contributed by atoms with Crippen molar-refractivity contribution < 1.29 is 12.8 Å². The van der Waals surface area contributed by atoms with Gasteiger partial charge < -0.3 is 0 Å². The molecule has 14 heavy (non-hydrogen) atoms. The zero-order chi connectivity index (χ0) is 10.6. The Hall–Kier alpha value is -1.27. The van der Waals surface area contributed by atoms with E-state index in [2.05, 4.69) is 16.3 Å². The molecule has 0 radical (unpaired) electrons. The highest BCUT2D eigenvalue weighted by Gasteiger charge is 2.18. The molecule has 0 saturated carbocycles. The molecule has 1 aromatic rings. The summed E-state index contributed by atoms with van der Waals surface area (Å²) in [7, 11) is -3.86. The van der Waals surface area contributed by atoms with Crippen molar-refractivity contribution >= 4 is 10.0 Å². The first-order valence-electron chi connectivity index (χ1n) is 3.79. The molecule has 0 saturated heterocycles. The molecule has 1 aromatic heterocycles. The topological polar surface area (TPSA) is 59.1 Å². The summed E-state index contributed by atoms with van der Waals surface area (Å²) in [6, 6.07) is 2.36. The predicted octanol–water partition coefficient (Wildman–Crippen LogP) is 0.685. The second-order valence-corrected chi connectivity index (χ2v) is 4.11. The SMILES string of the molecule is C=CCNS(=O)(=O)c1ncccc1F. The molecule has 1 N–H and O–H groups in total. The highest BCUT2D eigenvalue weighted by atomic mass is 32.2. The molecule has 1 rings (SSSR count). The van der Waals surface area contributed by atoms with Crippen LogP contribution in [0.5, 0.6) is 0 Å². The summed E-state index contributed by atoms with van der Waals surface area (Å²) >= 11 is 0. The quantitative estimate of drug-likeness (QED) is 0.753. The van der Waals surface area contributed by atoms with Crippen LogP contribution >= 0.6 is 0 Å². The van der Waals surface area contributed by atoms with Crippen molar-refractivity contribution in [1.29, 1.82) is 0 Å². The lowest BCUT2D eigenvalue weighted by Gasteiger charge is -2.03. The van der Waals surface area contributed by atoms with Crippen molar-refractivity contribution in [2.75, 3.05) is 6.54 Å². The first-order valence-corrected chi connectivity index (χ1v) is 5.27. The van der Waals surface area contributed by atoms with Gasteiger partial charge in [0, 0.05) is 12.7 Å². The minimum absolute atomic E-state index is 0.0400. The zero-order valence-electron chi connectivity index (χ0n) is 7.27. The number of nitrogens with zero attached hydrogens (tertiary/aromatic N) is 1. The molecular formula is C8H9FN2O2S. The van der Waals surface area contributed by atoms with Crippen molar-refractivity contribution in [3.8, 4) is 0 Å². The van der Waals surface area contributed by atoms with E-state index in [4.69, 9.17) is 0 Å². The van der Waals surface area contributed by atoms with E-state index in [0.29, 0.717) is 0 Å². The molecule has 0 amide bonds. The van der Waals surface area contributed by atoms with Gasteiger partial charge in [0.1, 0.15) is 0 Å². The van der Waals surface area contributed by atoms with Crippen LogP contribution in [0.15, 0.2) is 36.0 Å². The third kappa shape index (κ3) is 2.36. The minimum Gasteiger partial charge on any atom is -0.241 e. The van der Waals surface area contributed by atoms with E-state index in [0.717, 1.165) is 6.07 Å². The fourth-order valence-electron chi connectivity index (χ4n) is 0.806. The van der Waals surface area contributed by atoms with E-state index < -0.39 is 20.9 Å². The van der Waals surface area contributed by atoms with Crippen LogP contribution in [0.3, 0.4) is 0 Å². The minimum atomic E-state index is -3.86. The van der Waals surface area contributed by atoms with E-state index in [1.165, 1.54) is 18.3 Å². The molecule has 1 heterocycles. The Bertz CT molecular complexity index is 431. The van der Waals surface area contributed by atoms with Gasteiger partial charge in [-0.3, -0.25) is 0 Å². The number of nitrogens with one attached hydrogen (secondary N) is 1. The van der Waals surface area contributed by atoms with Gasteiger partial charge in [0.05, 0.1) is 0 Å². The average molecular weight is 216 g/mol. The van der Waals surface area contributed by atoms with Gasteiger partial charge in [0.2, 0.25) is 5.03 Å². The number of sulfonamides is 1.